The second kappa shape index (κ2) is 5.05. The fourth-order valence-electron chi connectivity index (χ4n) is 2.02. The molecule has 0 spiro atoms. The Bertz CT molecular complexity index is 497. The average Bonchev–Trinajstić information content (AvgIpc) is 3.22. The Morgan fingerprint density at radius 1 is 1.45 bits per heavy atom. The second-order valence-corrected chi connectivity index (χ2v) is 5.23. The molecule has 0 aromatic carbocycles. The van der Waals surface area contributed by atoms with E-state index in [2.05, 4.69) is 10.3 Å². The maximum absolute atomic E-state index is 12.4. The number of hydrogen-bond acceptors (Lipinski definition) is 3. The molecule has 1 amide bonds. The summed E-state index contributed by atoms with van der Waals surface area (Å²) in [4.78, 5) is 15.2. The molecule has 4 nitrogen and oxygen atoms in total. The maximum Gasteiger partial charge on any atom is 0.433 e. The van der Waals surface area contributed by atoms with Crippen LogP contribution in [0.2, 0.25) is 0 Å². The lowest BCUT2D eigenvalue weighted by molar-refractivity contribution is -0.141. The van der Waals surface area contributed by atoms with Crippen molar-refractivity contribution in [1.29, 1.82) is 0 Å². The van der Waals surface area contributed by atoms with Gasteiger partial charge in [0.1, 0.15) is 5.69 Å². The summed E-state index contributed by atoms with van der Waals surface area (Å²) in [5.41, 5.74) is -1.74. The largest absolute Gasteiger partial charge is 0.433 e. The molecule has 1 heterocycles. The highest BCUT2D eigenvalue weighted by Gasteiger charge is 2.42. The number of carbonyl (C=O) groups excluding carboxylic acids is 1. The molecule has 0 radical (unpaired) electrons. The molecule has 0 saturated heterocycles. The summed E-state index contributed by atoms with van der Waals surface area (Å²) in [5.74, 6) is -0.325. The number of amides is 1. The van der Waals surface area contributed by atoms with Crippen LogP contribution in [0.5, 0.6) is 0 Å². The van der Waals surface area contributed by atoms with Gasteiger partial charge >= 0.3 is 6.18 Å². The number of nitrogens with one attached hydrogen (secondary N) is 1. The minimum atomic E-state index is -4.53. The predicted molar refractivity (Wildman–Crippen MR) is 64.9 cm³/mol. The molecular formula is C13H15F3N2O2. The Kier molecular flexibility index (Phi) is 3.73. The van der Waals surface area contributed by atoms with Crippen LogP contribution in [0.3, 0.4) is 0 Å². The Morgan fingerprint density at radius 3 is 2.50 bits per heavy atom. The number of halogens is 3. The van der Waals surface area contributed by atoms with E-state index < -0.39 is 23.3 Å². The average molecular weight is 288 g/mol. The van der Waals surface area contributed by atoms with E-state index in [0.29, 0.717) is 0 Å². The van der Waals surface area contributed by atoms with Crippen LogP contribution >= 0.6 is 0 Å². The highest BCUT2D eigenvalue weighted by atomic mass is 19.4. The van der Waals surface area contributed by atoms with Crippen LogP contribution < -0.4 is 5.32 Å². The number of alkyl halides is 3. The third-order valence-electron chi connectivity index (χ3n) is 3.52. The topological polar surface area (TPSA) is 62.2 Å². The fraction of sp³-hybridized carbons (Fsp3) is 0.538. The van der Waals surface area contributed by atoms with E-state index in [1.807, 2.05) is 0 Å². The van der Waals surface area contributed by atoms with E-state index >= 15 is 0 Å². The molecule has 20 heavy (non-hydrogen) atoms. The van der Waals surface area contributed by atoms with Crippen molar-refractivity contribution in [3.05, 3.63) is 29.6 Å². The lowest BCUT2D eigenvalue weighted by Gasteiger charge is -2.28. The van der Waals surface area contributed by atoms with Crippen molar-refractivity contribution in [3.8, 4) is 0 Å². The Morgan fingerprint density at radius 2 is 2.10 bits per heavy atom. The van der Waals surface area contributed by atoms with E-state index in [1.54, 1.807) is 6.92 Å². The van der Waals surface area contributed by atoms with Gasteiger partial charge in [0.2, 0.25) is 0 Å². The smallest absolute Gasteiger partial charge is 0.394 e. The van der Waals surface area contributed by atoms with Crippen molar-refractivity contribution in [2.45, 2.75) is 31.5 Å². The summed E-state index contributed by atoms with van der Waals surface area (Å²) in [5, 5.41) is 12.0. The Labute approximate surface area is 114 Å². The summed E-state index contributed by atoms with van der Waals surface area (Å²) < 4.78 is 37.1. The van der Waals surface area contributed by atoms with E-state index in [9.17, 15) is 23.1 Å². The van der Waals surface area contributed by atoms with Gasteiger partial charge in [0.25, 0.3) is 5.91 Å². The minimum Gasteiger partial charge on any atom is -0.394 e. The van der Waals surface area contributed by atoms with Gasteiger partial charge in [0.15, 0.2) is 0 Å². The molecular weight excluding hydrogens is 273 g/mol. The van der Waals surface area contributed by atoms with Gasteiger partial charge < -0.3 is 10.4 Å². The molecule has 1 aliphatic rings. The Balaban J connectivity index is 2.09. The number of hydrogen-bond donors (Lipinski definition) is 2. The van der Waals surface area contributed by atoms with Gasteiger partial charge in [-0.1, -0.05) is 0 Å². The zero-order valence-electron chi connectivity index (χ0n) is 10.9. The molecule has 1 aromatic rings. The highest BCUT2D eigenvalue weighted by Crippen LogP contribution is 2.39. The van der Waals surface area contributed by atoms with Gasteiger partial charge in [-0.3, -0.25) is 9.78 Å². The Hall–Kier alpha value is -1.63. The number of aliphatic hydroxyl groups is 1. The summed E-state index contributed by atoms with van der Waals surface area (Å²) in [6, 6.07) is 1.85. The van der Waals surface area contributed by atoms with Crippen LogP contribution in [0.25, 0.3) is 0 Å². The van der Waals surface area contributed by atoms with Crippen LogP contribution in [0.1, 0.15) is 35.8 Å². The van der Waals surface area contributed by atoms with Crippen LogP contribution in [-0.4, -0.2) is 28.1 Å². The maximum atomic E-state index is 12.4. The minimum absolute atomic E-state index is 0.0401. The van der Waals surface area contributed by atoms with E-state index in [-0.39, 0.29) is 18.1 Å². The molecule has 0 aliphatic heterocycles. The zero-order chi connectivity index (χ0) is 15.0. The summed E-state index contributed by atoms with van der Waals surface area (Å²) in [6.07, 6.45) is -1.79. The second-order valence-electron chi connectivity index (χ2n) is 5.23. The number of aromatic nitrogens is 1. The standard InChI is InChI=1S/C13H15F3N2O2/c1-12(7-19,9-3-4-9)18-11(20)8-2-5-10(17-6-8)13(14,15)16/h2,5-6,9,19H,3-4,7H2,1H3,(H,18,20). The van der Waals surface area contributed by atoms with Crippen molar-refractivity contribution in [3.63, 3.8) is 0 Å². The van der Waals surface area contributed by atoms with Crippen LogP contribution in [0, 0.1) is 5.92 Å². The molecule has 1 fully saturated rings. The zero-order valence-corrected chi connectivity index (χ0v) is 10.9. The lowest BCUT2D eigenvalue weighted by atomic mass is 9.96. The molecule has 7 heteroatoms. The highest BCUT2D eigenvalue weighted by molar-refractivity contribution is 5.94. The van der Waals surface area contributed by atoms with Crippen molar-refractivity contribution < 1.29 is 23.1 Å². The van der Waals surface area contributed by atoms with Crippen LogP contribution in [0.4, 0.5) is 13.2 Å². The van der Waals surface area contributed by atoms with Gasteiger partial charge in [-0.25, -0.2) is 0 Å². The van der Waals surface area contributed by atoms with Gasteiger partial charge in [-0.2, -0.15) is 13.2 Å². The first-order chi connectivity index (χ1) is 9.26. The number of carbonyl (C=O) groups is 1. The molecule has 1 saturated carbocycles. The van der Waals surface area contributed by atoms with E-state index in [0.717, 1.165) is 31.2 Å². The number of aliphatic hydroxyl groups excluding tert-OH is 1. The summed E-state index contributed by atoms with van der Waals surface area (Å²) >= 11 is 0. The number of pyridine rings is 1. The van der Waals surface area contributed by atoms with E-state index in [4.69, 9.17) is 0 Å². The molecule has 110 valence electrons. The molecule has 1 aliphatic carbocycles. The van der Waals surface area contributed by atoms with Gasteiger partial charge in [0.05, 0.1) is 17.7 Å². The first-order valence-corrected chi connectivity index (χ1v) is 6.23. The SMILES string of the molecule is CC(CO)(NC(=O)c1ccc(C(F)(F)F)nc1)C1CC1. The van der Waals surface area contributed by atoms with Gasteiger partial charge in [0, 0.05) is 6.20 Å². The first kappa shape index (κ1) is 14.8. The number of nitrogens with zero attached hydrogens (tertiary/aromatic N) is 1. The number of rotatable bonds is 4. The quantitative estimate of drug-likeness (QED) is 0.890. The van der Waals surface area contributed by atoms with Crippen LogP contribution in [0.15, 0.2) is 18.3 Å². The molecule has 1 unspecified atom stereocenters. The molecule has 2 N–H and O–H groups in total. The molecule has 1 atom stereocenters. The van der Waals surface area contributed by atoms with E-state index in [1.165, 1.54) is 0 Å². The van der Waals surface area contributed by atoms with Crippen molar-refractivity contribution >= 4 is 5.91 Å². The van der Waals surface area contributed by atoms with Gasteiger partial charge in [-0.05, 0) is 37.8 Å². The van der Waals surface area contributed by atoms with Crippen molar-refractivity contribution in [2.75, 3.05) is 6.61 Å². The van der Waals surface area contributed by atoms with Crippen molar-refractivity contribution in [1.82, 2.24) is 10.3 Å². The summed E-state index contributed by atoms with van der Waals surface area (Å²) in [7, 11) is 0. The fourth-order valence-corrected chi connectivity index (χ4v) is 2.02. The predicted octanol–water partition coefficient (Wildman–Crippen LogP) is 1.99. The molecule has 2 rings (SSSR count). The lowest BCUT2D eigenvalue weighted by Crippen LogP contribution is -2.50. The third kappa shape index (κ3) is 3.09. The molecule has 0 bridgehead atoms. The van der Waals surface area contributed by atoms with Gasteiger partial charge in [-0.15, -0.1) is 0 Å². The molecule has 1 aromatic heterocycles. The van der Waals surface area contributed by atoms with Crippen LogP contribution in [-0.2, 0) is 6.18 Å². The van der Waals surface area contributed by atoms with Crippen molar-refractivity contribution in [2.24, 2.45) is 5.92 Å². The normalized spacial score (nSPS) is 18.4. The third-order valence-corrected chi connectivity index (χ3v) is 3.52. The summed E-state index contributed by atoms with van der Waals surface area (Å²) in [6.45, 7) is 1.51. The first-order valence-electron chi connectivity index (χ1n) is 6.23. The monoisotopic (exact) mass is 288 g/mol.